The van der Waals surface area contributed by atoms with Gasteiger partial charge in [-0.2, -0.15) is 0 Å². The third kappa shape index (κ3) is 1.72. The van der Waals surface area contributed by atoms with E-state index >= 15 is 0 Å². The first kappa shape index (κ1) is 9.48. The lowest BCUT2D eigenvalue weighted by Crippen LogP contribution is -2.42. The van der Waals surface area contributed by atoms with Gasteiger partial charge >= 0.3 is 0 Å². The minimum Gasteiger partial charge on any atom is -0.300 e. The first-order valence-electron chi connectivity index (χ1n) is 5.49. The Balaban J connectivity index is 1.75. The highest BCUT2D eigenvalue weighted by atomic mass is 32.1. The topological polar surface area (TPSA) is 33.2 Å². The summed E-state index contributed by atoms with van der Waals surface area (Å²) >= 11 is 1.71. The minimum absolute atomic E-state index is 0.456. The number of hydrogen-bond acceptors (Lipinski definition) is 4. The van der Waals surface area contributed by atoms with Crippen molar-refractivity contribution in [2.75, 3.05) is 0 Å². The van der Waals surface area contributed by atoms with Crippen molar-refractivity contribution in [3.05, 3.63) is 16.6 Å². The molecule has 80 valence electrons. The molecule has 0 N–H and O–H groups in total. The third-order valence-electron chi connectivity index (χ3n) is 3.50. The summed E-state index contributed by atoms with van der Waals surface area (Å²) in [6.45, 7) is 0.945. The molecule has 2 fully saturated rings. The molecule has 0 saturated carbocycles. The van der Waals surface area contributed by atoms with Gasteiger partial charge in [-0.1, -0.05) is 0 Å². The van der Waals surface area contributed by atoms with Crippen LogP contribution in [-0.2, 0) is 11.3 Å². The maximum absolute atomic E-state index is 11.4. The number of rotatable bonds is 2. The molecule has 3 nitrogen and oxygen atoms in total. The number of nitrogens with zero attached hydrogens (tertiary/aromatic N) is 2. The van der Waals surface area contributed by atoms with Gasteiger partial charge < -0.3 is 0 Å². The van der Waals surface area contributed by atoms with Gasteiger partial charge in [0.15, 0.2) is 0 Å². The number of ketones is 1. The quantitative estimate of drug-likeness (QED) is 0.765. The van der Waals surface area contributed by atoms with E-state index in [1.54, 1.807) is 11.3 Å². The molecule has 0 spiro atoms. The van der Waals surface area contributed by atoms with Crippen molar-refractivity contribution in [2.45, 2.75) is 44.3 Å². The summed E-state index contributed by atoms with van der Waals surface area (Å²) in [5, 5.41) is 3.20. The van der Waals surface area contributed by atoms with Crippen molar-refractivity contribution in [3.8, 4) is 0 Å². The Morgan fingerprint density at radius 1 is 1.40 bits per heavy atom. The molecular formula is C11H14N2OS. The van der Waals surface area contributed by atoms with Gasteiger partial charge in [-0.3, -0.25) is 9.69 Å². The van der Waals surface area contributed by atoms with Gasteiger partial charge in [0.2, 0.25) is 0 Å². The van der Waals surface area contributed by atoms with Crippen LogP contribution in [0, 0.1) is 0 Å². The van der Waals surface area contributed by atoms with Crippen LogP contribution in [-0.4, -0.2) is 27.8 Å². The highest BCUT2D eigenvalue weighted by Crippen LogP contribution is 2.35. The van der Waals surface area contributed by atoms with Crippen LogP contribution in [0.5, 0.6) is 0 Å². The Morgan fingerprint density at radius 2 is 2.13 bits per heavy atom. The largest absolute Gasteiger partial charge is 0.300 e. The molecule has 2 atom stereocenters. The van der Waals surface area contributed by atoms with Crippen molar-refractivity contribution in [2.24, 2.45) is 0 Å². The van der Waals surface area contributed by atoms with Crippen LogP contribution >= 0.6 is 11.3 Å². The normalized spacial score (nSPS) is 31.1. The number of piperidine rings is 1. The fourth-order valence-corrected chi connectivity index (χ4v) is 3.43. The number of thiazole rings is 1. The lowest BCUT2D eigenvalue weighted by molar-refractivity contribution is -0.123. The van der Waals surface area contributed by atoms with E-state index in [9.17, 15) is 4.79 Å². The second-order valence-electron chi connectivity index (χ2n) is 4.43. The number of carbonyl (C=O) groups is 1. The van der Waals surface area contributed by atoms with Crippen molar-refractivity contribution in [1.29, 1.82) is 0 Å². The number of carbonyl (C=O) groups excluding carboxylic acids is 1. The summed E-state index contributed by atoms with van der Waals surface area (Å²) in [6.07, 6.45) is 5.78. The molecular weight excluding hydrogens is 208 g/mol. The van der Waals surface area contributed by atoms with E-state index in [1.807, 2.05) is 11.6 Å². The van der Waals surface area contributed by atoms with E-state index in [2.05, 4.69) is 9.88 Å². The zero-order chi connectivity index (χ0) is 10.3. The summed E-state index contributed by atoms with van der Waals surface area (Å²) in [5.41, 5.74) is 0. The van der Waals surface area contributed by atoms with Gasteiger partial charge in [0.25, 0.3) is 0 Å². The Bertz CT molecular complexity index is 347. The van der Waals surface area contributed by atoms with Gasteiger partial charge in [-0.05, 0) is 12.8 Å². The second-order valence-corrected chi connectivity index (χ2v) is 5.41. The Hall–Kier alpha value is -0.740. The highest BCUT2D eigenvalue weighted by Gasteiger charge is 2.39. The predicted molar refractivity (Wildman–Crippen MR) is 58.7 cm³/mol. The minimum atomic E-state index is 0.456. The van der Waals surface area contributed by atoms with Crippen LogP contribution < -0.4 is 0 Å². The maximum atomic E-state index is 11.4. The van der Waals surface area contributed by atoms with Crippen LogP contribution in [0.2, 0.25) is 0 Å². The number of aromatic nitrogens is 1. The monoisotopic (exact) mass is 222 g/mol. The zero-order valence-corrected chi connectivity index (χ0v) is 9.37. The van der Waals surface area contributed by atoms with Crippen LogP contribution in [0.25, 0.3) is 0 Å². The third-order valence-corrected chi connectivity index (χ3v) is 4.26. The van der Waals surface area contributed by atoms with E-state index in [0.29, 0.717) is 17.9 Å². The molecule has 0 radical (unpaired) electrons. The molecule has 2 unspecified atom stereocenters. The first-order chi connectivity index (χ1) is 7.33. The maximum Gasteiger partial charge on any atom is 0.136 e. The van der Waals surface area contributed by atoms with Crippen molar-refractivity contribution < 1.29 is 4.79 Å². The fraction of sp³-hybridized carbons (Fsp3) is 0.636. The summed E-state index contributed by atoms with van der Waals surface area (Å²) in [4.78, 5) is 18.2. The van der Waals surface area contributed by atoms with Crippen LogP contribution in [0.4, 0.5) is 0 Å². The summed E-state index contributed by atoms with van der Waals surface area (Å²) in [7, 11) is 0. The van der Waals surface area contributed by atoms with E-state index in [4.69, 9.17) is 0 Å². The highest BCUT2D eigenvalue weighted by molar-refractivity contribution is 7.09. The van der Waals surface area contributed by atoms with Gasteiger partial charge in [0, 0.05) is 36.5 Å². The Labute approximate surface area is 93.1 Å². The molecule has 0 aromatic carbocycles. The molecule has 0 aliphatic carbocycles. The SMILES string of the molecule is O=C1CC2CCC(C1)N2Cc1nccs1. The molecule has 4 heteroatoms. The van der Waals surface area contributed by atoms with Gasteiger partial charge in [-0.15, -0.1) is 11.3 Å². The van der Waals surface area contributed by atoms with Gasteiger partial charge in [0.05, 0.1) is 6.54 Å². The van der Waals surface area contributed by atoms with Crippen LogP contribution in [0.3, 0.4) is 0 Å². The number of fused-ring (bicyclic) bond motifs is 2. The summed E-state index contributed by atoms with van der Waals surface area (Å²) < 4.78 is 0. The summed E-state index contributed by atoms with van der Waals surface area (Å²) in [5.74, 6) is 0.456. The summed E-state index contributed by atoms with van der Waals surface area (Å²) in [6, 6.07) is 1.00. The molecule has 1 aromatic heterocycles. The average molecular weight is 222 g/mol. The van der Waals surface area contributed by atoms with E-state index in [0.717, 1.165) is 19.4 Å². The molecule has 1 aromatic rings. The molecule has 3 heterocycles. The Kier molecular flexibility index (Phi) is 2.33. The number of Topliss-reactive ketones (excluding diaryl/α,β-unsaturated/α-hetero) is 1. The molecule has 2 aliphatic heterocycles. The zero-order valence-electron chi connectivity index (χ0n) is 8.56. The van der Waals surface area contributed by atoms with Crippen LogP contribution in [0.1, 0.15) is 30.7 Å². The average Bonchev–Trinajstić information content (AvgIpc) is 2.77. The van der Waals surface area contributed by atoms with Crippen molar-refractivity contribution in [1.82, 2.24) is 9.88 Å². The smallest absolute Gasteiger partial charge is 0.136 e. The second kappa shape index (κ2) is 3.68. The number of hydrogen-bond donors (Lipinski definition) is 0. The molecule has 0 amide bonds. The fourth-order valence-electron chi connectivity index (χ4n) is 2.81. The van der Waals surface area contributed by atoms with E-state index in [1.165, 1.54) is 17.8 Å². The molecule has 2 aliphatic rings. The van der Waals surface area contributed by atoms with Gasteiger partial charge in [0.1, 0.15) is 10.8 Å². The van der Waals surface area contributed by atoms with E-state index in [-0.39, 0.29) is 0 Å². The van der Waals surface area contributed by atoms with Crippen molar-refractivity contribution in [3.63, 3.8) is 0 Å². The lowest BCUT2D eigenvalue weighted by atomic mass is 10.0. The first-order valence-corrected chi connectivity index (χ1v) is 6.37. The molecule has 15 heavy (non-hydrogen) atoms. The Morgan fingerprint density at radius 3 is 2.73 bits per heavy atom. The predicted octanol–water partition coefficient (Wildman–Crippen LogP) is 1.84. The van der Waals surface area contributed by atoms with Crippen molar-refractivity contribution >= 4 is 17.1 Å². The molecule has 3 rings (SSSR count). The standard InChI is InChI=1S/C11H14N2OS/c14-10-5-8-1-2-9(6-10)13(8)7-11-12-3-4-15-11/h3-4,8-9H,1-2,5-7H2. The lowest BCUT2D eigenvalue weighted by Gasteiger charge is -2.33. The molecule has 2 saturated heterocycles. The van der Waals surface area contributed by atoms with Gasteiger partial charge in [-0.25, -0.2) is 4.98 Å². The molecule has 2 bridgehead atoms. The van der Waals surface area contributed by atoms with E-state index < -0.39 is 0 Å². The van der Waals surface area contributed by atoms with Crippen LogP contribution in [0.15, 0.2) is 11.6 Å².